The van der Waals surface area contributed by atoms with Crippen LogP contribution in [0.2, 0.25) is 0 Å². The monoisotopic (exact) mass is 732 g/mol. The second-order valence-corrected chi connectivity index (χ2v) is 11.6. The molecule has 1 fully saturated rings. The van der Waals surface area contributed by atoms with E-state index in [1.165, 1.54) is 42.6 Å². The largest absolute Gasteiger partial charge is 0.443 e. The summed E-state index contributed by atoms with van der Waals surface area (Å²) in [5.41, 5.74) is 6.41. The Morgan fingerprint density at radius 3 is 2.21 bits per heavy atom. The second kappa shape index (κ2) is 17.3. The van der Waals surface area contributed by atoms with Crippen LogP contribution in [0, 0.1) is 0 Å². The lowest BCUT2D eigenvalue weighted by molar-refractivity contribution is -0.136. The summed E-state index contributed by atoms with van der Waals surface area (Å²) < 4.78 is 5.00. The molecular formula is C34H36N8O11. The number of piperidine rings is 1. The number of fused-ring (bicyclic) bond motifs is 2. The van der Waals surface area contributed by atoms with Gasteiger partial charge in [-0.2, -0.15) is 0 Å². The van der Waals surface area contributed by atoms with E-state index in [0.29, 0.717) is 25.1 Å². The fraction of sp³-hybridized carbons (Fsp3) is 0.294. The maximum atomic E-state index is 12.9. The molecule has 3 aliphatic rings. The van der Waals surface area contributed by atoms with Crippen molar-refractivity contribution in [3.63, 3.8) is 0 Å². The maximum Gasteiger partial charge on any atom is 0.412 e. The van der Waals surface area contributed by atoms with Crippen molar-refractivity contribution in [2.75, 3.05) is 23.8 Å². The van der Waals surface area contributed by atoms with E-state index in [0.717, 1.165) is 9.80 Å². The van der Waals surface area contributed by atoms with Gasteiger partial charge in [-0.25, -0.2) is 4.79 Å². The van der Waals surface area contributed by atoms with Gasteiger partial charge in [0.2, 0.25) is 30.5 Å². The molecule has 0 spiro atoms. The molecule has 2 aromatic rings. The van der Waals surface area contributed by atoms with E-state index in [-0.39, 0.29) is 65.9 Å². The van der Waals surface area contributed by atoms with Crippen LogP contribution in [0.5, 0.6) is 0 Å². The second-order valence-electron chi connectivity index (χ2n) is 11.6. The lowest BCUT2D eigenvalue weighted by Gasteiger charge is -2.27. The van der Waals surface area contributed by atoms with Gasteiger partial charge < -0.3 is 21.1 Å². The van der Waals surface area contributed by atoms with E-state index in [9.17, 15) is 47.9 Å². The molecule has 278 valence electrons. The molecular weight excluding hydrogens is 696 g/mol. The lowest BCUT2D eigenvalue weighted by atomic mass is 10.0. The van der Waals surface area contributed by atoms with Gasteiger partial charge in [0.25, 0.3) is 23.6 Å². The van der Waals surface area contributed by atoms with Gasteiger partial charge in [0.1, 0.15) is 18.7 Å². The number of carbonyl (C=O) groups is 10. The highest BCUT2D eigenvalue weighted by Crippen LogP contribution is 2.33. The summed E-state index contributed by atoms with van der Waals surface area (Å²) in [6.45, 7) is 4.15. The van der Waals surface area contributed by atoms with Crippen molar-refractivity contribution in [1.29, 1.82) is 0 Å². The smallest absolute Gasteiger partial charge is 0.412 e. The van der Waals surface area contributed by atoms with E-state index < -0.39 is 59.5 Å². The van der Waals surface area contributed by atoms with Crippen LogP contribution in [0.25, 0.3) is 0 Å². The van der Waals surface area contributed by atoms with Crippen LogP contribution >= 0.6 is 0 Å². The molecule has 1 saturated heterocycles. The molecule has 2 atom stereocenters. The Bertz CT molecular complexity index is 1910. The number of benzene rings is 2. The summed E-state index contributed by atoms with van der Waals surface area (Å²) in [6.07, 6.45) is 2.07. The molecule has 0 saturated carbocycles. The molecule has 10 amide bonds. The fourth-order valence-electron chi connectivity index (χ4n) is 5.76. The summed E-state index contributed by atoms with van der Waals surface area (Å²) in [5, 5.41) is 11.8. The molecule has 53 heavy (non-hydrogen) atoms. The van der Waals surface area contributed by atoms with Crippen LogP contribution in [0.3, 0.4) is 0 Å². The molecule has 0 aromatic heterocycles. The first-order valence-corrected chi connectivity index (χ1v) is 16.3. The van der Waals surface area contributed by atoms with Gasteiger partial charge in [-0.3, -0.25) is 68.9 Å². The number of nitrogens with zero attached hydrogens (tertiary/aromatic N) is 2. The molecule has 3 aliphatic heterocycles. The van der Waals surface area contributed by atoms with Gasteiger partial charge in [0.05, 0.1) is 39.3 Å². The molecule has 0 bridgehead atoms. The molecule has 0 radical (unpaired) electrons. The molecule has 2 unspecified atom stereocenters. The van der Waals surface area contributed by atoms with Crippen molar-refractivity contribution in [2.45, 2.75) is 51.6 Å². The van der Waals surface area contributed by atoms with Crippen LogP contribution < -0.4 is 32.3 Å². The van der Waals surface area contributed by atoms with Gasteiger partial charge in [-0.15, -0.1) is 0 Å². The van der Waals surface area contributed by atoms with E-state index in [4.69, 9.17) is 10.5 Å². The summed E-state index contributed by atoms with van der Waals surface area (Å²) >= 11 is 0. The van der Waals surface area contributed by atoms with E-state index in [2.05, 4.69) is 21.3 Å². The zero-order valence-corrected chi connectivity index (χ0v) is 28.6. The zero-order valence-electron chi connectivity index (χ0n) is 28.6. The summed E-state index contributed by atoms with van der Waals surface area (Å²) in [6, 6.07) is 6.65. The average Bonchev–Trinajstić information content (AvgIpc) is 3.54. The van der Waals surface area contributed by atoms with Crippen LogP contribution in [0.1, 0.15) is 81.0 Å². The molecule has 19 nitrogen and oxygen atoms in total. The Balaban J connectivity index is 0.000000245. The quantitative estimate of drug-likeness (QED) is 0.120. The number of anilines is 2. The molecule has 7 N–H and O–H groups in total. The van der Waals surface area contributed by atoms with Crippen molar-refractivity contribution in [2.24, 2.45) is 5.73 Å². The maximum absolute atomic E-state index is 12.9. The highest BCUT2D eigenvalue weighted by Gasteiger charge is 2.46. The van der Waals surface area contributed by atoms with Crippen molar-refractivity contribution in [1.82, 2.24) is 25.8 Å². The average molecular weight is 733 g/mol. The van der Waals surface area contributed by atoms with Crippen molar-refractivity contribution >= 4 is 71.6 Å². The topological polar surface area (TPSA) is 273 Å². The highest BCUT2D eigenvalue weighted by atomic mass is 16.5. The number of carbonyl (C=O) groups excluding carboxylic acids is 10. The van der Waals surface area contributed by atoms with Gasteiger partial charge >= 0.3 is 6.09 Å². The number of hydrogen-bond acceptors (Lipinski definition) is 13. The van der Waals surface area contributed by atoms with E-state index in [1.54, 1.807) is 6.92 Å². The zero-order chi connectivity index (χ0) is 38.8. The fourth-order valence-corrected chi connectivity index (χ4v) is 5.76. The number of amides is 10. The first kappa shape index (κ1) is 38.9. The Labute approximate surface area is 301 Å². The number of rotatable bonds is 13. The summed E-state index contributed by atoms with van der Waals surface area (Å²) in [5.74, 6) is -4.58. The molecule has 3 heterocycles. The van der Waals surface area contributed by atoms with Gasteiger partial charge in [0, 0.05) is 19.2 Å². The minimum absolute atomic E-state index is 0.0169. The van der Waals surface area contributed by atoms with Crippen molar-refractivity contribution in [3.05, 3.63) is 70.5 Å². The molecule has 19 heteroatoms. The SMILES string of the molecule is CCCC(C(=O)NC=O)N1C(=O)c2cccc(NC=O)c2C1=O.CCN/C=C(\N)COC(=O)Nc1cccc2c1C(=O)N(C1CCC(=O)NC1=O)C2=O. The minimum atomic E-state index is -1.09. The number of imide groups is 4. The van der Waals surface area contributed by atoms with Crippen molar-refractivity contribution in [3.8, 4) is 0 Å². The predicted molar refractivity (Wildman–Crippen MR) is 184 cm³/mol. The van der Waals surface area contributed by atoms with Crippen LogP contribution in [-0.2, 0) is 28.7 Å². The van der Waals surface area contributed by atoms with Crippen LogP contribution in [0.15, 0.2) is 48.3 Å². The van der Waals surface area contributed by atoms with E-state index in [1.807, 2.05) is 12.2 Å². The van der Waals surface area contributed by atoms with Gasteiger partial charge in [0.15, 0.2) is 0 Å². The Morgan fingerprint density at radius 1 is 0.925 bits per heavy atom. The number of ether oxygens (including phenoxy) is 1. The van der Waals surface area contributed by atoms with E-state index >= 15 is 0 Å². The van der Waals surface area contributed by atoms with Gasteiger partial charge in [-0.05, 0) is 44.0 Å². The standard InChI is InChI=1S/C19H21N5O6.C15H15N3O5/c1-2-21-8-10(20)9-30-19(29)22-12-5-3-4-11-15(12)18(28)24(17(11)27)13-6-7-14(25)23-16(13)26;1-2-4-11(13(21)17-8-20)18-14(22)9-5-3-6-10(16-7-19)12(9)15(18)23/h3-5,8,13,21H,2,6-7,9,20H2,1H3,(H,22,29)(H,23,25,26);3,5-8,11H,2,4H2,1H3,(H,16,19)(H,17,20,21)/b10-8-;. The normalized spacial score (nSPS) is 16.8. The lowest BCUT2D eigenvalue weighted by Crippen LogP contribution is -2.54. The van der Waals surface area contributed by atoms with Gasteiger partial charge in [-0.1, -0.05) is 25.5 Å². The molecule has 0 aliphatic carbocycles. The Kier molecular flexibility index (Phi) is 12.7. The third-order valence-corrected chi connectivity index (χ3v) is 8.10. The number of nitrogens with one attached hydrogen (secondary N) is 5. The first-order chi connectivity index (χ1) is 25.4. The first-order valence-electron chi connectivity index (χ1n) is 16.3. The van der Waals surface area contributed by atoms with Crippen LogP contribution in [-0.4, -0.2) is 95.3 Å². The van der Waals surface area contributed by atoms with Crippen LogP contribution in [0.4, 0.5) is 16.2 Å². The Morgan fingerprint density at radius 2 is 1.58 bits per heavy atom. The molecule has 2 aromatic carbocycles. The Hall–Kier alpha value is -6.92. The summed E-state index contributed by atoms with van der Waals surface area (Å²) in [4.78, 5) is 121. The summed E-state index contributed by atoms with van der Waals surface area (Å²) in [7, 11) is 0. The third-order valence-electron chi connectivity index (χ3n) is 8.10. The number of nitrogens with two attached hydrogens (primary N) is 1. The number of hydrogen-bond donors (Lipinski definition) is 6. The molecule has 5 rings (SSSR count). The third kappa shape index (κ3) is 8.35. The highest BCUT2D eigenvalue weighted by molar-refractivity contribution is 6.27. The van der Waals surface area contributed by atoms with Crippen molar-refractivity contribution < 1.29 is 52.7 Å². The predicted octanol–water partition coefficient (Wildman–Crippen LogP) is 0.338. The minimum Gasteiger partial charge on any atom is -0.443 e.